The van der Waals surface area contributed by atoms with Crippen molar-refractivity contribution in [1.82, 2.24) is 5.32 Å². The van der Waals surface area contributed by atoms with Crippen molar-refractivity contribution in [3.05, 3.63) is 71.2 Å². The highest BCUT2D eigenvalue weighted by Gasteiger charge is 2.23. The summed E-state index contributed by atoms with van der Waals surface area (Å²) in [5, 5.41) is 3.47. The molecule has 0 fully saturated rings. The summed E-state index contributed by atoms with van der Waals surface area (Å²) in [4.78, 5) is 24.6. The highest BCUT2D eigenvalue weighted by Crippen LogP contribution is 2.27. The van der Waals surface area contributed by atoms with E-state index in [1.165, 1.54) is 12.1 Å². The van der Waals surface area contributed by atoms with E-state index < -0.39 is 18.5 Å². The molecule has 29 heavy (non-hydrogen) atoms. The van der Waals surface area contributed by atoms with Gasteiger partial charge in [0.2, 0.25) is 5.76 Å². The molecule has 1 unspecified atom stereocenters. The van der Waals surface area contributed by atoms with Crippen molar-refractivity contribution in [2.24, 2.45) is 0 Å². The van der Waals surface area contributed by atoms with Gasteiger partial charge in [-0.05, 0) is 37.6 Å². The molecular formula is C22H22FNO5. The van der Waals surface area contributed by atoms with Crippen molar-refractivity contribution >= 4 is 22.8 Å². The van der Waals surface area contributed by atoms with Crippen LogP contribution in [0.3, 0.4) is 0 Å². The van der Waals surface area contributed by atoms with Crippen LogP contribution < -0.4 is 5.32 Å². The van der Waals surface area contributed by atoms with Crippen molar-refractivity contribution in [3.63, 3.8) is 0 Å². The van der Waals surface area contributed by atoms with Crippen molar-refractivity contribution in [2.75, 3.05) is 13.2 Å². The number of furan rings is 1. The Balaban J connectivity index is 1.64. The Hall–Kier alpha value is -3.19. The molecular weight excluding hydrogens is 377 g/mol. The molecule has 0 spiro atoms. The summed E-state index contributed by atoms with van der Waals surface area (Å²) in [6, 6.07) is 12.7. The van der Waals surface area contributed by atoms with Crippen LogP contribution in [-0.4, -0.2) is 25.1 Å². The molecule has 1 amide bonds. The fourth-order valence-electron chi connectivity index (χ4n) is 2.93. The van der Waals surface area contributed by atoms with E-state index in [0.29, 0.717) is 17.8 Å². The third-order valence-electron chi connectivity index (χ3n) is 4.42. The molecule has 1 N–H and O–H groups in total. The lowest BCUT2D eigenvalue weighted by Gasteiger charge is -2.14. The lowest BCUT2D eigenvalue weighted by atomic mass is 10.1. The fraction of sp³-hybridized carbons (Fsp3) is 0.273. The average Bonchev–Trinajstić information content (AvgIpc) is 3.09. The zero-order chi connectivity index (χ0) is 20.8. The second-order valence-corrected chi connectivity index (χ2v) is 6.46. The number of para-hydroxylation sites is 1. The minimum atomic E-state index is -0.736. The first-order valence-corrected chi connectivity index (χ1v) is 9.29. The van der Waals surface area contributed by atoms with Gasteiger partial charge >= 0.3 is 5.97 Å². The molecule has 7 heteroatoms. The summed E-state index contributed by atoms with van der Waals surface area (Å²) in [7, 11) is 0. The minimum Gasteiger partial charge on any atom is -0.450 e. The maximum absolute atomic E-state index is 13.0. The molecule has 1 heterocycles. The summed E-state index contributed by atoms with van der Waals surface area (Å²) >= 11 is 0. The molecule has 0 saturated carbocycles. The number of carbonyl (C=O) groups is 2. The monoisotopic (exact) mass is 399 g/mol. The van der Waals surface area contributed by atoms with E-state index in [-0.39, 0.29) is 24.2 Å². The van der Waals surface area contributed by atoms with Crippen LogP contribution in [0.1, 0.15) is 41.6 Å². The predicted octanol–water partition coefficient (Wildman–Crippen LogP) is 4.14. The normalized spacial score (nSPS) is 12.0. The predicted molar refractivity (Wildman–Crippen MR) is 105 cm³/mol. The van der Waals surface area contributed by atoms with E-state index in [4.69, 9.17) is 13.9 Å². The average molecular weight is 399 g/mol. The van der Waals surface area contributed by atoms with Crippen LogP contribution in [-0.2, 0) is 20.9 Å². The van der Waals surface area contributed by atoms with Gasteiger partial charge in [0.25, 0.3) is 5.91 Å². The molecule has 1 aromatic heterocycles. The van der Waals surface area contributed by atoms with Crippen LogP contribution in [0.4, 0.5) is 4.39 Å². The zero-order valence-corrected chi connectivity index (χ0v) is 16.2. The molecule has 152 valence electrons. The number of nitrogens with one attached hydrogen (secondary N) is 1. The minimum absolute atomic E-state index is 0.0269. The van der Waals surface area contributed by atoms with Gasteiger partial charge in [0.05, 0.1) is 12.6 Å². The van der Waals surface area contributed by atoms with Gasteiger partial charge in [0, 0.05) is 17.6 Å². The van der Waals surface area contributed by atoms with Crippen molar-refractivity contribution < 1.29 is 27.9 Å². The fourth-order valence-corrected chi connectivity index (χ4v) is 2.93. The van der Waals surface area contributed by atoms with Crippen LogP contribution in [0.25, 0.3) is 11.0 Å². The topological polar surface area (TPSA) is 77.8 Å². The Labute approximate surface area is 167 Å². The second kappa shape index (κ2) is 9.34. The highest BCUT2D eigenvalue weighted by molar-refractivity contribution is 5.96. The Morgan fingerprint density at radius 1 is 1.14 bits per heavy atom. The third-order valence-corrected chi connectivity index (χ3v) is 4.42. The first kappa shape index (κ1) is 20.5. The Kier molecular flexibility index (Phi) is 6.61. The summed E-state index contributed by atoms with van der Waals surface area (Å²) in [6.45, 7) is 3.83. The number of esters is 1. The summed E-state index contributed by atoms with van der Waals surface area (Å²) in [5.41, 5.74) is 1.87. The number of benzene rings is 2. The molecule has 0 aliphatic carbocycles. The van der Waals surface area contributed by atoms with E-state index in [0.717, 1.165) is 10.9 Å². The number of halogens is 1. The van der Waals surface area contributed by atoms with E-state index in [1.807, 2.05) is 19.1 Å². The quantitative estimate of drug-likeness (QED) is 0.576. The standard InChI is InChI=1S/C22H22FNO5/c1-3-27-12-18-17-6-4-5-7-19(17)29-21(18)22(26)28-13-20(25)24-14(2)15-8-10-16(23)11-9-15/h4-11,14H,3,12-13H2,1-2H3,(H,24,25). The van der Waals surface area contributed by atoms with Gasteiger partial charge in [0.15, 0.2) is 6.61 Å². The first-order chi connectivity index (χ1) is 14.0. The lowest BCUT2D eigenvalue weighted by molar-refractivity contribution is -0.124. The van der Waals surface area contributed by atoms with E-state index in [2.05, 4.69) is 5.32 Å². The molecule has 2 aromatic carbocycles. The highest BCUT2D eigenvalue weighted by atomic mass is 19.1. The molecule has 3 aromatic rings. The summed E-state index contributed by atoms with van der Waals surface area (Å²) < 4.78 is 29.2. The maximum atomic E-state index is 13.0. The molecule has 6 nitrogen and oxygen atoms in total. The largest absolute Gasteiger partial charge is 0.450 e. The number of hydrogen-bond acceptors (Lipinski definition) is 5. The van der Waals surface area contributed by atoms with Crippen molar-refractivity contribution in [3.8, 4) is 0 Å². The molecule has 3 rings (SSSR count). The number of amides is 1. The van der Waals surface area contributed by atoms with Gasteiger partial charge in [-0.1, -0.05) is 30.3 Å². The van der Waals surface area contributed by atoms with Gasteiger partial charge in [-0.2, -0.15) is 0 Å². The Morgan fingerprint density at radius 3 is 2.59 bits per heavy atom. The van der Waals surface area contributed by atoms with E-state index >= 15 is 0 Å². The molecule has 0 radical (unpaired) electrons. The van der Waals surface area contributed by atoms with Crippen molar-refractivity contribution in [2.45, 2.75) is 26.5 Å². The molecule has 1 atom stereocenters. The molecule has 0 aliphatic heterocycles. The Morgan fingerprint density at radius 2 is 1.86 bits per heavy atom. The van der Waals surface area contributed by atoms with Gasteiger partial charge < -0.3 is 19.2 Å². The van der Waals surface area contributed by atoms with Gasteiger partial charge in [0.1, 0.15) is 11.4 Å². The summed E-state index contributed by atoms with van der Waals surface area (Å²) in [5.74, 6) is -1.54. The number of fused-ring (bicyclic) bond motifs is 1. The third kappa shape index (κ3) is 5.00. The Bertz CT molecular complexity index is 996. The molecule has 0 aliphatic rings. The van der Waals surface area contributed by atoms with Crippen LogP contribution in [0, 0.1) is 5.82 Å². The van der Waals surface area contributed by atoms with Crippen LogP contribution >= 0.6 is 0 Å². The first-order valence-electron chi connectivity index (χ1n) is 9.29. The number of rotatable bonds is 8. The second-order valence-electron chi connectivity index (χ2n) is 6.46. The van der Waals surface area contributed by atoms with E-state index in [9.17, 15) is 14.0 Å². The van der Waals surface area contributed by atoms with Gasteiger partial charge in [-0.3, -0.25) is 4.79 Å². The lowest BCUT2D eigenvalue weighted by Crippen LogP contribution is -2.31. The van der Waals surface area contributed by atoms with Crippen LogP contribution in [0.5, 0.6) is 0 Å². The molecule has 0 saturated heterocycles. The van der Waals surface area contributed by atoms with Gasteiger partial charge in [-0.25, -0.2) is 9.18 Å². The zero-order valence-electron chi connectivity index (χ0n) is 16.2. The van der Waals surface area contributed by atoms with Crippen LogP contribution in [0.15, 0.2) is 52.9 Å². The smallest absolute Gasteiger partial charge is 0.375 e. The number of hydrogen-bond donors (Lipinski definition) is 1. The van der Waals surface area contributed by atoms with E-state index in [1.54, 1.807) is 31.2 Å². The number of ether oxygens (including phenoxy) is 2. The van der Waals surface area contributed by atoms with Gasteiger partial charge in [-0.15, -0.1) is 0 Å². The SMILES string of the molecule is CCOCc1c(C(=O)OCC(=O)NC(C)c2ccc(F)cc2)oc2ccccc12. The number of carbonyl (C=O) groups excluding carboxylic acids is 2. The van der Waals surface area contributed by atoms with Crippen LogP contribution in [0.2, 0.25) is 0 Å². The molecule has 0 bridgehead atoms. The summed E-state index contributed by atoms with van der Waals surface area (Å²) in [6.07, 6.45) is 0. The van der Waals surface area contributed by atoms with Crippen molar-refractivity contribution in [1.29, 1.82) is 0 Å². The maximum Gasteiger partial charge on any atom is 0.375 e.